The van der Waals surface area contributed by atoms with Gasteiger partial charge in [0.2, 0.25) is 0 Å². The fourth-order valence-electron chi connectivity index (χ4n) is 1.82. The average molecular weight is 307 g/mol. The lowest BCUT2D eigenvalue weighted by molar-refractivity contribution is -0.136. The van der Waals surface area contributed by atoms with Gasteiger partial charge in [-0.05, 0) is 37.1 Å². The van der Waals surface area contributed by atoms with E-state index in [0.29, 0.717) is 11.4 Å². The molecule has 0 saturated carbocycles. The minimum atomic E-state index is -0.824. The van der Waals surface area contributed by atoms with Crippen molar-refractivity contribution in [3.8, 4) is 0 Å². The quantitative estimate of drug-likeness (QED) is 0.830. The van der Waals surface area contributed by atoms with Crippen molar-refractivity contribution in [2.75, 3.05) is 0 Å². The molecule has 0 unspecified atom stereocenters. The molecule has 0 fully saturated rings. The van der Waals surface area contributed by atoms with Crippen LogP contribution in [0.15, 0.2) is 53.4 Å². The molecule has 0 heterocycles. The van der Waals surface area contributed by atoms with Gasteiger partial charge < -0.3 is 5.11 Å². The summed E-state index contributed by atoms with van der Waals surface area (Å²) in [6.07, 6.45) is 0.410. The Balaban J connectivity index is 2.14. The van der Waals surface area contributed by atoms with E-state index >= 15 is 0 Å². The maximum Gasteiger partial charge on any atom is 0.317 e. The molecule has 20 heavy (non-hydrogen) atoms. The molecular formula is C16H15ClO2S. The maximum atomic E-state index is 11.4. The van der Waals surface area contributed by atoms with E-state index in [2.05, 4.69) is 0 Å². The number of thioether (sulfide) groups is 1. The lowest BCUT2D eigenvalue weighted by Crippen LogP contribution is -2.19. The van der Waals surface area contributed by atoms with Gasteiger partial charge in [-0.25, -0.2) is 0 Å². The molecule has 0 saturated heterocycles. The smallest absolute Gasteiger partial charge is 0.317 e. The van der Waals surface area contributed by atoms with Crippen molar-refractivity contribution in [1.29, 1.82) is 0 Å². The van der Waals surface area contributed by atoms with Crippen molar-refractivity contribution in [1.82, 2.24) is 0 Å². The van der Waals surface area contributed by atoms with Crippen LogP contribution in [0.5, 0.6) is 0 Å². The lowest BCUT2D eigenvalue weighted by atomic mass is 10.1. The van der Waals surface area contributed by atoms with Gasteiger partial charge in [0.25, 0.3) is 0 Å². The van der Waals surface area contributed by atoms with Crippen molar-refractivity contribution >= 4 is 29.3 Å². The summed E-state index contributed by atoms with van der Waals surface area (Å²) in [5.41, 5.74) is 2.02. The van der Waals surface area contributed by atoms with Crippen LogP contribution in [-0.4, -0.2) is 16.3 Å². The van der Waals surface area contributed by atoms with Crippen molar-refractivity contribution < 1.29 is 9.90 Å². The van der Waals surface area contributed by atoms with Crippen LogP contribution in [0.1, 0.15) is 11.1 Å². The predicted octanol–water partition coefficient (Wildman–Crippen LogP) is 4.44. The van der Waals surface area contributed by atoms with Crippen LogP contribution in [-0.2, 0) is 11.2 Å². The molecule has 0 aliphatic heterocycles. The summed E-state index contributed by atoms with van der Waals surface area (Å²) in [5, 5.41) is 9.45. The lowest BCUT2D eigenvalue weighted by Gasteiger charge is -2.13. The Morgan fingerprint density at radius 2 is 1.85 bits per heavy atom. The van der Waals surface area contributed by atoms with Crippen LogP contribution >= 0.6 is 23.4 Å². The minimum absolute atomic E-state index is 0.410. The zero-order chi connectivity index (χ0) is 14.5. The summed E-state index contributed by atoms with van der Waals surface area (Å²) < 4.78 is 0. The molecule has 4 heteroatoms. The molecule has 0 bridgehead atoms. The summed E-state index contributed by atoms with van der Waals surface area (Å²) in [7, 11) is 0. The van der Waals surface area contributed by atoms with Gasteiger partial charge in [-0.1, -0.05) is 47.5 Å². The number of aliphatic carboxylic acids is 1. The molecule has 2 nitrogen and oxygen atoms in total. The topological polar surface area (TPSA) is 37.3 Å². The number of carboxylic acid groups (broad SMARTS) is 1. The first-order chi connectivity index (χ1) is 9.56. The van der Waals surface area contributed by atoms with Gasteiger partial charge in [-0.3, -0.25) is 4.79 Å². The van der Waals surface area contributed by atoms with E-state index in [1.165, 1.54) is 11.8 Å². The first-order valence-corrected chi connectivity index (χ1v) is 7.51. The van der Waals surface area contributed by atoms with Crippen molar-refractivity contribution in [3.63, 3.8) is 0 Å². The third-order valence-corrected chi connectivity index (χ3v) is 4.50. The molecule has 2 aromatic carbocycles. The molecule has 2 rings (SSSR count). The van der Waals surface area contributed by atoms with Crippen molar-refractivity contribution in [2.24, 2.45) is 0 Å². The number of rotatable bonds is 5. The van der Waals surface area contributed by atoms with E-state index in [-0.39, 0.29) is 0 Å². The molecule has 1 atom stereocenters. The number of aryl methyl sites for hydroxylation is 1. The fourth-order valence-corrected chi connectivity index (χ4v) is 3.02. The van der Waals surface area contributed by atoms with Crippen LogP contribution < -0.4 is 0 Å². The van der Waals surface area contributed by atoms with Crippen LogP contribution in [0.4, 0.5) is 0 Å². The summed E-state index contributed by atoms with van der Waals surface area (Å²) in [4.78, 5) is 12.4. The third kappa shape index (κ3) is 4.02. The Morgan fingerprint density at radius 3 is 2.45 bits per heavy atom. The molecule has 2 aromatic rings. The molecule has 0 radical (unpaired) electrons. The van der Waals surface area contributed by atoms with Crippen LogP contribution in [0.3, 0.4) is 0 Å². The predicted molar refractivity (Wildman–Crippen MR) is 83.6 cm³/mol. The minimum Gasteiger partial charge on any atom is -0.480 e. The molecule has 1 N–H and O–H groups in total. The second-order valence-corrected chi connectivity index (χ2v) is 6.24. The van der Waals surface area contributed by atoms with Crippen LogP contribution in [0, 0.1) is 6.92 Å². The van der Waals surface area contributed by atoms with E-state index in [9.17, 15) is 9.90 Å². The Kier molecular flexibility index (Phi) is 5.10. The summed E-state index contributed by atoms with van der Waals surface area (Å²) in [5.74, 6) is -0.824. The van der Waals surface area contributed by atoms with Crippen LogP contribution in [0.25, 0.3) is 0 Å². The zero-order valence-electron chi connectivity index (χ0n) is 11.0. The van der Waals surface area contributed by atoms with Gasteiger partial charge in [-0.15, -0.1) is 11.8 Å². The Bertz CT molecular complexity index is 596. The Labute approximate surface area is 127 Å². The monoisotopic (exact) mass is 306 g/mol. The highest BCUT2D eigenvalue weighted by Gasteiger charge is 2.20. The molecular weight excluding hydrogens is 292 g/mol. The molecule has 0 spiro atoms. The number of hydrogen-bond acceptors (Lipinski definition) is 2. The van der Waals surface area contributed by atoms with Gasteiger partial charge in [0.15, 0.2) is 0 Å². The number of carbonyl (C=O) groups is 1. The number of benzene rings is 2. The molecule has 0 aliphatic carbocycles. The normalized spacial score (nSPS) is 12.1. The largest absolute Gasteiger partial charge is 0.480 e. The van der Waals surface area contributed by atoms with Gasteiger partial charge in [0.05, 0.1) is 0 Å². The number of hydrogen-bond donors (Lipinski definition) is 1. The summed E-state index contributed by atoms with van der Waals surface area (Å²) in [6.45, 7) is 2.01. The van der Waals surface area contributed by atoms with E-state index in [0.717, 1.165) is 16.0 Å². The molecule has 0 amide bonds. The summed E-state index contributed by atoms with van der Waals surface area (Å²) >= 11 is 7.45. The number of halogens is 1. The molecule has 0 aliphatic rings. The van der Waals surface area contributed by atoms with E-state index in [1.807, 2.05) is 49.4 Å². The highest BCUT2D eigenvalue weighted by molar-refractivity contribution is 8.00. The van der Waals surface area contributed by atoms with Gasteiger partial charge >= 0.3 is 5.97 Å². The Hall–Kier alpha value is -1.45. The zero-order valence-corrected chi connectivity index (χ0v) is 12.6. The van der Waals surface area contributed by atoms with Crippen molar-refractivity contribution in [3.05, 3.63) is 64.7 Å². The maximum absolute atomic E-state index is 11.4. The number of carboxylic acids is 1. The fraction of sp³-hybridized carbons (Fsp3) is 0.188. The average Bonchev–Trinajstić information content (AvgIpc) is 2.42. The van der Waals surface area contributed by atoms with E-state index in [4.69, 9.17) is 11.6 Å². The Morgan fingerprint density at radius 1 is 1.20 bits per heavy atom. The first-order valence-electron chi connectivity index (χ1n) is 6.26. The van der Waals surface area contributed by atoms with E-state index in [1.54, 1.807) is 6.07 Å². The highest BCUT2D eigenvalue weighted by atomic mass is 35.5. The summed E-state index contributed by atoms with van der Waals surface area (Å²) in [6, 6.07) is 15.2. The van der Waals surface area contributed by atoms with E-state index < -0.39 is 11.2 Å². The molecule has 104 valence electrons. The second kappa shape index (κ2) is 6.82. The van der Waals surface area contributed by atoms with Gasteiger partial charge in [0, 0.05) is 9.92 Å². The van der Waals surface area contributed by atoms with Crippen molar-refractivity contribution in [2.45, 2.75) is 23.5 Å². The third-order valence-electron chi connectivity index (χ3n) is 2.94. The van der Waals surface area contributed by atoms with Gasteiger partial charge in [0.1, 0.15) is 5.25 Å². The van der Waals surface area contributed by atoms with Gasteiger partial charge in [-0.2, -0.15) is 0 Å². The second-order valence-electron chi connectivity index (χ2n) is 4.55. The highest BCUT2D eigenvalue weighted by Crippen LogP contribution is 2.28. The standard InChI is InChI=1S/C16H15ClO2S/c1-11-6-8-13(9-7-11)20-15(16(18)19)10-12-4-2-3-5-14(12)17/h2-9,15H,10H2,1H3,(H,18,19)/t15-/m0/s1. The first kappa shape index (κ1) is 14.9. The van der Waals surface area contributed by atoms with Crippen LogP contribution in [0.2, 0.25) is 5.02 Å². The molecule has 0 aromatic heterocycles. The SMILES string of the molecule is Cc1ccc(S[C@@H](Cc2ccccc2Cl)C(=O)O)cc1.